The first kappa shape index (κ1) is 12.7. The Bertz CT molecular complexity index is 642. The van der Waals surface area contributed by atoms with Crippen molar-refractivity contribution in [2.75, 3.05) is 0 Å². The molecule has 1 aliphatic carbocycles. The van der Waals surface area contributed by atoms with Crippen molar-refractivity contribution in [2.24, 2.45) is 0 Å². The van der Waals surface area contributed by atoms with Crippen molar-refractivity contribution in [1.29, 1.82) is 0 Å². The quantitative estimate of drug-likeness (QED) is 0.583. The molecule has 0 bridgehead atoms. The van der Waals surface area contributed by atoms with Crippen LogP contribution in [0.3, 0.4) is 0 Å². The van der Waals surface area contributed by atoms with Crippen molar-refractivity contribution in [2.45, 2.75) is 6.55 Å². The Balaban J connectivity index is 2.04. The van der Waals surface area contributed by atoms with Gasteiger partial charge in [-0.15, -0.1) is 0 Å². The van der Waals surface area contributed by atoms with Gasteiger partial charge in [-0.3, -0.25) is 0 Å². The Labute approximate surface area is 123 Å². The van der Waals surface area contributed by atoms with E-state index in [2.05, 4.69) is 73.7 Å². The summed E-state index contributed by atoms with van der Waals surface area (Å²) in [6, 6.07) is 17.5. The van der Waals surface area contributed by atoms with Crippen LogP contribution in [0, 0.1) is 6.42 Å². The molecule has 19 heavy (non-hydrogen) atoms. The Morgan fingerprint density at radius 1 is 1.00 bits per heavy atom. The molecule has 1 aliphatic rings. The van der Waals surface area contributed by atoms with Crippen LogP contribution in [0.1, 0.15) is 11.1 Å². The number of rotatable bonds is 2. The summed E-state index contributed by atoms with van der Waals surface area (Å²) < 4.78 is 2.94. The second kappa shape index (κ2) is 5.75. The van der Waals surface area contributed by atoms with E-state index in [0.29, 0.717) is 15.0 Å². The zero-order valence-corrected chi connectivity index (χ0v) is 13.5. The van der Waals surface area contributed by atoms with Crippen LogP contribution < -0.4 is 8.92 Å². The third kappa shape index (κ3) is 2.66. The summed E-state index contributed by atoms with van der Waals surface area (Å²) in [5.74, 6) is 0. The maximum absolute atomic E-state index is 2.29. The van der Waals surface area contributed by atoms with Crippen molar-refractivity contribution in [1.82, 2.24) is 0 Å². The topological polar surface area (TPSA) is 0 Å². The molecular formula is C17H14SeSi. The molecule has 0 saturated carbocycles. The minimum atomic E-state index is 0.385. The van der Waals surface area contributed by atoms with Crippen LogP contribution in [0.2, 0.25) is 6.55 Å². The van der Waals surface area contributed by atoms with Crippen molar-refractivity contribution in [3.05, 3.63) is 78.2 Å². The van der Waals surface area contributed by atoms with E-state index in [-0.39, 0.29) is 0 Å². The molecule has 0 atom stereocenters. The van der Waals surface area contributed by atoms with E-state index < -0.39 is 0 Å². The van der Waals surface area contributed by atoms with E-state index in [9.17, 15) is 0 Å². The van der Waals surface area contributed by atoms with Crippen LogP contribution in [-0.2, 0) is 0 Å². The molecule has 0 aliphatic heterocycles. The third-order valence-electron chi connectivity index (χ3n) is 3.11. The molecule has 0 fully saturated rings. The van der Waals surface area contributed by atoms with Crippen LogP contribution in [0.15, 0.2) is 60.7 Å². The van der Waals surface area contributed by atoms with Gasteiger partial charge in [0.25, 0.3) is 0 Å². The van der Waals surface area contributed by atoms with E-state index in [1.165, 1.54) is 25.2 Å². The van der Waals surface area contributed by atoms with Gasteiger partial charge in [0.05, 0.1) is 0 Å². The summed E-state index contributed by atoms with van der Waals surface area (Å²) in [4.78, 5) is 0. The molecule has 0 unspecified atom stereocenters. The molecule has 2 heteroatoms. The average Bonchev–Trinajstić information content (AvgIpc) is 2.48. The van der Waals surface area contributed by atoms with Crippen molar-refractivity contribution in [3.8, 4) is 0 Å². The molecule has 92 valence electrons. The molecule has 2 aromatic carbocycles. The zero-order valence-electron chi connectivity index (χ0n) is 10.8. The molecule has 0 heterocycles. The molecule has 2 aromatic rings. The molecule has 0 saturated heterocycles. The summed E-state index contributed by atoms with van der Waals surface area (Å²) >= 11 is 0.385. The molecule has 0 radical (unpaired) electrons. The summed E-state index contributed by atoms with van der Waals surface area (Å²) in [6.45, 7) is 2.26. The number of hydrogen-bond donors (Lipinski definition) is 0. The summed E-state index contributed by atoms with van der Waals surface area (Å²) in [5.41, 5.74) is 2.86. The van der Waals surface area contributed by atoms with Gasteiger partial charge in [-0.05, 0) is 0 Å². The summed E-state index contributed by atoms with van der Waals surface area (Å²) in [5, 5.41) is 1.49. The van der Waals surface area contributed by atoms with Crippen LogP contribution in [0.4, 0.5) is 0 Å². The molecule has 0 spiro atoms. The summed E-state index contributed by atoms with van der Waals surface area (Å²) in [7, 11) is 0.851. The van der Waals surface area contributed by atoms with Crippen LogP contribution in [-0.4, -0.2) is 29.3 Å². The first-order chi connectivity index (χ1) is 9.38. The molecule has 0 N–H and O–H groups in total. The van der Waals surface area contributed by atoms with Crippen molar-refractivity contribution >= 4 is 38.2 Å². The fourth-order valence-corrected chi connectivity index (χ4v) is 5.36. The molecular weight excluding hydrogens is 311 g/mol. The minimum absolute atomic E-state index is 0.385. The van der Waals surface area contributed by atoms with Crippen molar-refractivity contribution < 1.29 is 0 Å². The van der Waals surface area contributed by atoms with Gasteiger partial charge in [0.15, 0.2) is 0 Å². The average molecular weight is 325 g/mol. The molecule has 0 nitrogen and oxygen atoms in total. The van der Waals surface area contributed by atoms with Gasteiger partial charge in [0, 0.05) is 0 Å². The number of allylic oxidation sites excluding steroid dienone is 2. The SMILES string of the molecule is C[Si-]=C1C=C[CH+]c2cccc([Se]c3ccccc3)c21. The van der Waals surface area contributed by atoms with E-state index in [1.807, 2.05) is 0 Å². The van der Waals surface area contributed by atoms with E-state index in [1.54, 1.807) is 0 Å². The first-order valence-corrected chi connectivity index (χ1v) is 9.52. The summed E-state index contributed by atoms with van der Waals surface area (Å²) in [6.07, 6.45) is 6.67. The molecule has 3 rings (SSSR count). The van der Waals surface area contributed by atoms with Gasteiger partial charge in [-0.25, -0.2) is 0 Å². The predicted molar refractivity (Wildman–Crippen MR) is 86.2 cm³/mol. The van der Waals surface area contributed by atoms with E-state index in [4.69, 9.17) is 0 Å². The fourth-order valence-electron chi connectivity index (χ4n) is 2.22. The first-order valence-electron chi connectivity index (χ1n) is 6.31. The second-order valence-electron chi connectivity index (χ2n) is 4.32. The van der Waals surface area contributed by atoms with Gasteiger partial charge in [-0.1, -0.05) is 0 Å². The van der Waals surface area contributed by atoms with Gasteiger partial charge in [-0.2, -0.15) is 0 Å². The van der Waals surface area contributed by atoms with Crippen LogP contribution in [0.5, 0.6) is 0 Å². The second-order valence-corrected chi connectivity index (χ2v) is 7.70. The Hall–Kier alpha value is -1.34. The standard InChI is InChI=1S/C17H14SeSi/c1-19-16-12-6-8-13-7-5-11-15(17(13)16)18-14-9-3-2-4-10-14/h2-12H,1H3. The Morgan fingerprint density at radius 2 is 1.84 bits per heavy atom. The van der Waals surface area contributed by atoms with Crippen LogP contribution in [0.25, 0.3) is 0 Å². The predicted octanol–water partition coefficient (Wildman–Crippen LogP) is 1.74. The zero-order chi connectivity index (χ0) is 13.1. The molecule has 0 amide bonds. The van der Waals surface area contributed by atoms with Gasteiger partial charge < -0.3 is 0 Å². The van der Waals surface area contributed by atoms with Gasteiger partial charge in [0.2, 0.25) is 0 Å². The van der Waals surface area contributed by atoms with Crippen LogP contribution >= 0.6 is 0 Å². The van der Waals surface area contributed by atoms with Gasteiger partial charge in [0.1, 0.15) is 0 Å². The fraction of sp³-hybridized carbons (Fsp3) is 0.0588. The van der Waals surface area contributed by atoms with Gasteiger partial charge >= 0.3 is 123 Å². The van der Waals surface area contributed by atoms with E-state index in [0.717, 1.165) is 9.13 Å². The number of benzene rings is 2. The number of fused-ring (bicyclic) bond motifs is 1. The Kier molecular flexibility index (Phi) is 3.83. The van der Waals surface area contributed by atoms with E-state index >= 15 is 0 Å². The normalized spacial score (nSPS) is 15.1. The molecule has 0 aromatic heterocycles. The maximum atomic E-state index is 2.29. The Morgan fingerprint density at radius 3 is 2.63 bits per heavy atom. The van der Waals surface area contributed by atoms with Crippen molar-refractivity contribution in [3.63, 3.8) is 0 Å². The third-order valence-corrected chi connectivity index (χ3v) is 6.30. The number of hydrogen-bond acceptors (Lipinski definition) is 0. The monoisotopic (exact) mass is 326 g/mol.